The van der Waals surface area contributed by atoms with E-state index < -0.39 is 0 Å². The lowest BCUT2D eigenvalue weighted by Gasteiger charge is -2.33. The van der Waals surface area contributed by atoms with Gasteiger partial charge >= 0.3 is 0 Å². The first-order valence-electron chi connectivity index (χ1n) is 8.84. The van der Waals surface area contributed by atoms with Crippen LogP contribution in [0.25, 0.3) is 0 Å². The van der Waals surface area contributed by atoms with E-state index in [0.29, 0.717) is 0 Å². The number of ether oxygens (including phenoxy) is 1. The summed E-state index contributed by atoms with van der Waals surface area (Å²) < 4.78 is 5.26. The SMILES string of the molecule is C=C(/C(C)=C/C)C(C)(CCOC)c1ccccc1.CC.CCC. The molecule has 1 nitrogen and oxygen atoms in total. The summed E-state index contributed by atoms with van der Waals surface area (Å²) in [5, 5.41) is 0. The van der Waals surface area contributed by atoms with E-state index in [2.05, 4.69) is 71.5 Å². The fourth-order valence-electron chi connectivity index (χ4n) is 2.19. The Hall–Kier alpha value is -1.34. The first kappa shape index (κ1) is 23.9. The molecular formula is C22H38O. The molecular weight excluding hydrogens is 280 g/mol. The summed E-state index contributed by atoms with van der Waals surface area (Å²) in [6, 6.07) is 10.6. The van der Waals surface area contributed by atoms with Gasteiger partial charge in [0.25, 0.3) is 0 Å². The number of rotatable bonds is 6. The van der Waals surface area contributed by atoms with Gasteiger partial charge in [0.15, 0.2) is 0 Å². The summed E-state index contributed by atoms with van der Waals surface area (Å²) in [5.74, 6) is 0. The molecule has 1 atom stereocenters. The van der Waals surface area contributed by atoms with Gasteiger partial charge in [-0.1, -0.05) is 89.6 Å². The molecule has 0 amide bonds. The molecule has 0 aliphatic rings. The van der Waals surface area contributed by atoms with Crippen LogP contribution in [0.3, 0.4) is 0 Å². The Kier molecular flexibility index (Phi) is 14.8. The Morgan fingerprint density at radius 2 is 1.65 bits per heavy atom. The average Bonchev–Trinajstić information content (AvgIpc) is 2.61. The van der Waals surface area contributed by atoms with Crippen LogP contribution >= 0.6 is 0 Å². The summed E-state index contributed by atoms with van der Waals surface area (Å²) in [6.07, 6.45) is 4.31. The molecule has 0 fully saturated rings. The minimum atomic E-state index is -0.0616. The van der Waals surface area contributed by atoms with Gasteiger partial charge in [-0.15, -0.1) is 0 Å². The van der Waals surface area contributed by atoms with Gasteiger partial charge in [0.2, 0.25) is 0 Å². The van der Waals surface area contributed by atoms with E-state index in [1.54, 1.807) is 7.11 Å². The lowest BCUT2D eigenvalue weighted by atomic mass is 9.72. The zero-order chi connectivity index (χ0) is 18.3. The van der Waals surface area contributed by atoms with E-state index in [4.69, 9.17) is 4.74 Å². The first-order chi connectivity index (χ1) is 11.0. The number of hydrogen-bond acceptors (Lipinski definition) is 1. The van der Waals surface area contributed by atoms with Gasteiger partial charge in [-0.2, -0.15) is 0 Å². The predicted molar refractivity (Wildman–Crippen MR) is 106 cm³/mol. The molecule has 0 saturated heterocycles. The summed E-state index contributed by atoms with van der Waals surface area (Å²) in [4.78, 5) is 0. The molecule has 0 aliphatic carbocycles. The molecule has 1 rings (SSSR count). The molecule has 1 aromatic rings. The van der Waals surface area contributed by atoms with Gasteiger partial charge in [-0.3, -0.25) is 0 Å². The Bertz CT molecular complexity index is 431. The van der Waals surface area contributed by atoms with Crippen molar-refractivity contribution in [3.8, 4) is 0 Å². The zero-order valence-electron chi connectivity index (χ0n) is 16.7. The quantitative estimate of drug-likeness (QED) is 0.516. The second kappa shape index (κ2) is 14.3. The molecule has 23 heavy (non-hydrogen) atoms. The molecule has 0 bridgehead atoms. The Morgan fingerprint density at radius 3 is 2.04 bits per heavy atom. The van der Waals surface area contributed by atoms with Crippen molar-refractivity contribution in [2.24, 2.45) is 0 Å². The molecule has 0 N–H and O–H groups in total. The van der Waals surface area contributed by atoms with Crippen LogP contribution < -0.4 is 0 Å². The molecule has 0 saturated carbocycles. The van der Waals surface area contributed by atoms with Crippen LogP contribution in [-0.2, 0) is 10.2 Å². The largest absolute Gasteiger partial charge is 0.385 e. The summed E-state index contributed by atoms with van der Waals surface area (Å²) in [5.41, 5.74) is 3.66. The lowest BCUT2D eigenvalue weighted by Crippen LogP contribution is -2.26. The van der Waals surface area contributed by atoms with Crippen LogP contribution in [0.15, 0.2) is 54.1 Å². The standard InChI is InChI=1S/C17H24O.C3H8.C2H6/c1-6-14(2)15(3)17(4,12-13-18-5)16-10-8-7-9-11-16;1-3-2;1-2/h6-11H,3,12-13H2,1-2,4-5H3;3H2,1-2H3;1-2H3/b14-6+;;. The van der Waals surface area contributed by atoms with Crippen molar-refractivity contribution in [1.29, 1.82) is 0 Å². The van der Waals surface area contributed by atoms with E-state index >= 15 is 0 Å². The fourth-order valence-corrected chi connectivity index (χ4v) is 2.19. The van der Waals surface area contributed by atoms with Gasteiger partial charge < -0.3 is 4.74 Å². The number of allylic oxidation sites excluding steroid dienone is 3. The lowest BCUT2D eigenvalue weighted by molar-refractivity contribution is 0.178. The maximum Gasteiger partial charge on any atom is 0.0473 e. The molecule has 1 unspecified atom stereocenters. The molecule has 0 radical (unpaired) electrons. The topological polar surface area (TPSA) is 9.23 Å². The molecule has 0 heterocycles. The van der Waals surface area contributed by atoms with Crippen molar-refractivity contribution in [2.75, 3.05) is 13.7 Å². The molecule has 0 aliphatic heterocycles. The first-order valence-corrected chi connectivity index (χ1v) is 8.84. The van der Waals surface area contributed by atoms with Crippen LogP contribution in [0.2, 0.25) is 0 Å². The molecule has 1 heteroatoms. The van der Waals surface area contributed by atoms with E-state index in [1.165, 1.54) is 23.1 Å². The third-order valence-corrected chi connectivity index (χ3v) is 3.79. The maximum absolute atomic E-state index is 5.26. The fraction of sp³-hybridized carbons (Fsp3) is 0.545. The summed E-state index contributed by atoms with van der Waals surface area (Å²) in [6.45, 7) is 19.7. The smallest absolute Gasteiger partial charge is 0.0473 e. The van der Waals surface area contributed by atoms with Gasteiger partial charge in [-0.05, 0) is 31.4 Å². The number of methoxy groups -OCH3 is 1. The molecule has 0 aromatic heterocycles. The molecule has 132 valence electrons. The highest BCUT2D eigenvalue weighted by Crippen LogP contribution is 2.37. The second-order valence-electron chi connectivity index (χ2n) is 5.60. The second-order valence-corrected chi connectivity index (χ2v) is 5.60. The zero-order valence-corrected chi connectivity index (χ0v) is 16.7. The van der Waals surface area contributed by atoms with Crippen molar-refractivity contribution in [2.45, 2.75) is 66.7 Å². The highest BCUT2D eigenvalue weighted by Gasteiger charge is 2.29. The Morgan fingerprint density at radius 1 is 1.17 bits per heavy atom. The Labute approximate surface area is 145 Å². The van der Waals surface area contributed by atoms with E-state index in [0.717, 1.165) is 13.0 Å². The predicted octanol–water partition coefficient (Wildman–Crippen LogP) is 6.95. The average molecular weight is 319 g/mol. The van der Waals surface area contributed by atoms with E-state index in [1.807, 2.05) is 19.9 Å². The molecule has 0 spiro atoms. The molecule has 1 aromatic carbocycles. The van der Waals surface area contributed by atoms with Crippen LogP contribution in [0.5, 0.6) is 0 Å². The van der Waals surface area contributed by atoms with Gasteiger partial charge in [0, 0.05) is 19.1 Å². The van der Waals surface area contributed by atoms with Gasteiger partial charge in [-0.25, -0.2) is 0 Å². The van der Waals surface area contributed by atoms with Crippen LogP contribution in [0, 0.1) is 0 Å². The highest BCUT2D eigenvalue weighted by atomic mass is 16.5. The van der Waals surface area contributed by atoms with Crippen molar-refractivity contribution in [3.05, 3.63) is 59.7 Å². The van der Waals surface area contributed by atoms with Crippen LogP contribution in [0.4, 0.5) is 0 Å². The normalized spacial score (nSPS) is 13.0. The van der Waals surface area contributed by atoms with E-state index in [9.17, 15) is 0 Å². The van der Waals surface area contributed by atoms with Crippen molar-refractivity contribution in [1.82, 2.24) is 0 Å². The minimum absolute atomic E-state index is 0.0616. The van der Waals surface area contributed by atoms with Gasteiger partial charge in [0.1, 0.15) is 0 Å². The maximum atomic E-state index is 5.26. The third-order valence-electron chi connectivity index (χ3n) is 3.79. The van der Waals surface area contributed by atoms with Crippen molar-refractivity contribution >= 4 is 0 Å². The van der Waals surface area contributed by atoms with Crippen LogP contribution in [0.1, 0.15) is 66.9 Å². The number of hydrogen-bond donors (Lipinski definition) is 0. The Balaban J connectivity index is 0. The van der Waals surface area contributed by atoms with Gasteiger partial charge in [0.05, 0.1) is 0 Å². The summed E-state index contributed by atoms with van der Waals surface area (Å²) in [7, 11) is 1.75. The number of benzene rings is 1. The van der Waals surface area contributed by atoms with Crippen LogP contribution in [-0.4, -0.2) is 13.7 Å². The summed E-state index contributed by atoms with van der Waals surface area (Å²) >= 11 is 0. The van der Waals surface area contributed by atoms with Crippen molar-refractivity contribution in [3.63, 3.8) is 0 Å². The minimum Gasteiger partial charge on any atom is -0.385 e. The monoisotopic (exact) mass is 318 g/mol. The third kappa shape index (κ3) is 8.18. The highest BCUT2D eigenvalue weighted by molar-refractivity contribution is 5.43. The van der Waals surface area contributed by atoms with E-state index in [-0.39, 0.29) is 5.41 Å². The van der Waals surface area contributed by atoms with Crippen molar-refractivity contribution < 1.29 is 4.74 Å².